The van der Waals surface area contributed by atoms with Crippen LogP contribution < -0.4 is 22.1 Å². The van der Waals surface area contributed by atoms with Crippen molar-refractivity contribution in [1.82, 2.24) is 0 Å². The largest absolute Gasteiger partial charge is 0.399 e. The second-order valence-electron chi connectivity index (χ2n) is 7.38. The molecule has 0 saturated carbocycles. The molecule has 0 spiro atoms. The number of hydrogen-bond donors (Lipinski definition) is 4. The number of nitrogens with one attached hydrogen (secondary N) is 2. The minimum Gasteiger partial charge on any atom is -0.399 e. The van der Waals surface area contributed by atoms with Gasteiger partial charge in [-0.2, -0.15) is 0 Å². The van der Waals surface area contributed by atoms with Crippen LogP contribution in [0.4, 0.5) is 22.7 Å². The highest BCUT2D eigenvalue weighted by Crippen LogP contribution is 2.17. The van der Waals surface area contributed by atoms with Crippen LogP contribution >= 0.6 is 0 Å². The molecule has 0 aliphatic heterocycles. The summed E-state index contributed by atoms with van der Waals surface area (Å²) in [4.78, 5) is 0. The average molecular weight is 343 g/mol. The standard InChI is InChI=1S/C20H32N5/c1-15-13-17(5-7-19(15)21)23-9-11-25(3,4)12-10-24-18-6-8-20(22)16(2)14-18/h5-8,13-14,23-24H,9-12,21-22H2,1-4H3/q+1. The molecule has 0 heterocycles. The van der Waals surface area contributed by atoms with Crippen molar-refractivity contribution in [2.75, 3.05) is 62.4 Å². The van der Waals surface area contributed by atoms with E-state index in [1.807, 2.05) is 38.1 Å². The molecule has 0 fully saturated rings. The van der Waals surface area contributed by atoms with Gasteiger partial charge in [0, 0.05) is 22.7 Å². The Morgan fingerprint density at radius 2 is 1.16 bits per heavy atom. The molecule has 0 aliphatic carbocycles. The molecule has 0 amide bonds. The SMILES string of the molecule is Cc1cc(NCC[N+](C)(C)CCNc2ccc(N)c(C)c2)ccc1N. The molecule has 0 bridgehead atoms. The number of nitrogen functional groups attached to an aromatic ring is 2. The van der Waals surface area contributed by atoms with Crippen molar-refractivity contribution in [3.05, 3.63) is 47.5 Å². The normalized spacial score (nSPS) is 11.4. The average Bonchev–Trinajstić information content (AvgIpc) is 2.54. The van der Waals surface area contributed by atoms with E-state index in [2.05, 4.69) is 36.9 Å². The zero-order valence-electron chi connectivity index (χ0n) is 15.9. The van der Waals surface area contributed by atoms with E-state index < -0.39 is 0 Å². The van der Waals surface area contributed by atoms with Crippen LogP contribution in [0.2, 0.25) is 0 Å². The fourth-order valence-electron chi connectivity index (χ4n) is 2.69. The third-order valence-electron chi connectivity index (χ3n) is 4.63. The number of rotatable bonds is 8. The summed E-state index contributed by atoms with van der Waals surface area (Å²) in [7, 11) is 4.51. The summed E-state index contributed by atoms with van der Waals surface area (Å²) in [6.45, 7) is 8.02. The third kappa shape index (κ3) is 5.87. The molecule has 2 aromatic rings. The van der Waals surface area contributed by atoms with Crippen molar-refractivity contribution in [2.24, 2.45) is 0 Å². The predicted octanol–water partition coefficient (Wildman–Crippen LogP) is 3.07. The van der Waals surface area contributed by atoms with Crippen LogP contribution in [0.1, 0.15) is 11.1 Å². The van der Waals surface area contributed by atoms with E-state index in [-0.39, 0.29) is 0 Å². The maximum Gasteiger partial charge on any atom is 0.0958 e. The molecule has 0 saturated heterocycles. The zero-order valence-corrected chi connectivity index (χ0v) is 15.9. The van der Waals surface area contributed by atoms with E-state index >= 15 is 0 Å². The molecule has 0 radical (unpaired) electrons. The molecular weight excluding hydrogens is 310 g/mol. The molecule has 2 rings (SSSR count). The lowest BCUT2D eigenvalue weighted by atomic mass is 10.2. The molecule has 0 unspecified atom stereocenters. The van der Waals surface area contributed by atoms with Gasteiger partial charge in [-0.15, -0.1) is 0 Å². The Labute approximate surface area is 151 Å². The Kier molecular flexibility index (Phi) is 6.15. The second-order valence-corrected chi connectivity index (χ2v) is 7.38. The smallest absolute Gasteiger partial charge is 0.0958 e. The van der Waals surface area contributed by atoms with E-state index in [4.69, 9.17) is 11.5 Å². The number of aryl methyl sites for hydroxylation is 2. The van der Waals surface area contributed by atoms with Crippen LogP contribution in [-0.2, 0) is 0 Å². The molecule has 5 nitrogen and oxygen atoms in total. The van der Waals surface area contributed by atoms with Gasteiger partial charge in [0.1, 0.15) is 0 Å². The summed E-state index contributed by atoms with van der Waals surface area (Å²) in [5.41, 5.74) is 17.9. The van der Waals surface area contributed by atoms with Crippen LogP contribution in [0.25, 0.3) is 0 Å². The van der Waals surface area contributed by atoms with Gasteiger partial charge in [0.2, 0.25) is 0 Å². The van der Waals surface area contributed by atoms with Crippen LogP contribution in [0, 0.1) is 13.8 Å². The van der Waals surface area contributed by atoms with Crippen molar-refractivity contribution in [3.8, 4) is 0 Å². The summed E-state index contributed by atoms with van der Waals surface area (Å²) in [5.74, 6) is 0. The van der Waals surface area contributed by atoms with Crippen molar-refractivity contribution in [3.63, 3.8) is 0 Å². The number of hydrogen-bond acceptors (Lipinski definition) is 4. The highest BCUT2D eigenvalue weighted by Gasteiger charge is 2.14. The number of benzene rings is 2. The van der Waals surface area contributed by atoms with Crippen molar-refractivity contribution < 1.29 is 4.48 Å². The Morgan fingerprint density at radius 3 is 1.52 bits per heavy atom. The number of quaternary nitrogens is 1. The first-order valence-corrected chi connectivity index (χ1v) is 8.79. The number of nitrogens with zero attached hydrogens (tertiary/aromatic N) is 1. The molecule has 5 heteroatoms. The maximum atomic E-state index is 5.86. The first-order chi connectivity index (χ1) is 11.8. The number of anilines is 4. The lowest BCUT2D eigenvalue weighted by Gasteiger charge is -2.30. The summed E-state index contributed by atoms with van der Waals surface area (Å²) in [6.07, 6.45) is 0. The van der Waals surface area contributed by atoms with E-state index in [1.54, 1.807) is 0 Å². The van der Waals surface area contributed by atoms with Gasteiger partial charge in [0.05, 0.1) is 40.3 Å². The van der Waals surface area contributed by atoms with Gasteiger partial charge >= 0.3 is 0 Å². The molecule has 0 aromatic heterocycles. The number of likely N-dealkylation sites (N-methyl/N-ethyl adjacent to an activating group) is 1. The lowest BCUT2D eigenvalue weighted by molar-refractivity contribution is -0.886. The van der Waals surface area contributed by atoms with E-state index in [0.717, 1.165) is 64.5 Å². The first-order valence-electron chi connectivity index (χ1n) is 8.79. The zero-order chi connectivity index (χ0) is 18.4. The number of nitrogens with two attached hydrogens (primary N) is 2. The Balaban J connectivity index is 1.75. The molecule has 136 valence electrons. The highest BCUT2D eigenvalue weighted by atomic mass is 15.3. The van der Waals surface area contributed by atoms with Gasteiger partial charge < -0.3 is 26.6 Å². The van der Waals surface area contributed by atoms with E-state index in [9.17, 15) is 0 Å². The fraction of sp³-hybridized carbons (Fsp3) is 0.400. The monoisotopic (exact) mass is 342 g/mol. The van der Waals surface area contributed by atoms with Crippen molar-refractivity contribution >= 4 is 22.7 Å². The molecule has 25 heavy (non-hydrogen) atoms. The summed E-state index contributed by atoms with van der Waals surface area (Å²) in [6, 6.07) is 12.2. The van der Waals surface area contributed by atoms with Crippen LogP contribution in [-0.4, -0.2) is 44.8 Å². The third-order valence-corrected chi connectivity index (χ3v) is 4.63. The summed E-state index contributed by atoms with van der Waals surface area (Å²) >= 11 is 0. The second kappa shape index (κ2) is 8.12. The van der Waals surface area contributed by atoms with Gasteiger partial charge in [-0.1, -0.05) is 0 Å². The summed E-state index contributed by atoms with van der Waals surface area (Å²) in [5, 5.41) is 6.97. The van der Waals surface area contributed by atoms with Gasteiger partial charge in [-0.05, 0) is 61.4 Å². The van der Waals surface area contributed by atoms with Crippen LogP contribution in [0.5, 0.6) is 0 Å². The lowest BCUT2D eigenvalue weighted by Crippen LogP contribution is -2.46. The minimum absolute atomic E-state index is 0.839. The van der Waals surface area contributed by atoms with Crippen LogP contribution in [0.3, 0.4) is 0 Å². The van der Waals surface area contributed by atoms with Crippen molar-refractivity contribution in [2.45, 2.75) is 13.8 Å². The van der Waals surface area contributed by atoms with Crippen molar-refractivity contribution in [1.29, 1.82) is 0 Å². The van der Waals surface area contributed by atoms with Crippen LogP contribution in [0.15, 0.2) is 36.4 Å². The van der Waals surface area contributed by atoms with E-state index in [0.29, 0.717) is 0 Å². The highest BCUT2D eigenvalue weighted by molar-refractivity contribution is 5.57. The minimum atomic E-state index is 0.839. The first kappa shape index (κ1) is 18.9. The quantitative estimate of drug-likeness (QED) is 0.439. The van der Waals surface area contributed by atoms with Gasteiger partial charge in [0.25, 0.3) is 0 Å². The van der Waals surface area contributed by atoms with Gasteiger partial charge in [-0.3, -0.25) is 0 Å². The Bertz CT molecular complexity index is 650. The van der Waals surface area contributed by atoms with Gasteiger partial charge in [-0.25, -0.2) is 0 Å². The molecule has 2 aromatic carbocycles. The van der Waals surface area contributed by atoms with E-state index in [1.165, 1.54) is 0 Å². The molecule has 0 atom stereocenters. The van der Waals surface area contributed by atoms with Gasteiger partial charge in [0.15, 0.2) is 0 Å². The predicted molar refractivity (Wildman–Crippen MR) is 110 cm³/mol. The Hall–Kier alpha value is -2.40. The molecular formula is C20H32N5+. The summed E-state index contributed by atoms with van der Waals surface area (Å²) < 4.78 is 0.946. The molecule has 0 aliphatic rings. The Morgan fingerprint density at radius 1 is 0.760 bits per heavy atom. The topological polar surface area (TPSA) is 76.1 Å². The fourth-order valence-corrected chi connectivity index (χ4v) is 2.69. The maximum absolute atomic E-state index is 5.86. The molecule has 6 N–H and O–H groups in total.